The van der Waals surface area contributed by atoms with Gasteiger partial charge in [0.05, 0.1) is 0 Å². The van der Waals surface area contributed by atoms with E-state index in [1.807, 2.05) is 78.6 Å². The van der Waals surface area contributed by atoms with Crippen molar-refractivity contribution in [1.82, 2.24) is 0 Å². The number of hydrogen-bond donors (Lipinski definition) is 0. The fourth-order valence-corrected chi connectivity index (χ4v) is 8.25. The predicted octanol–water partition coefficient (Wildman–Crippen LogP) is 4.21. The van der Waals surface area contributed by atoms with Gasteiger partial charge >= 0.3 is 11.9 Å². The summed E-state index contributed by atoms with van der Waals surface area (Å²) in [5, 5.41) is -1.60. The highest BCUT2D eigenvalue weighted by molar-refractivity contribution is 6.88. The lowest BCUT2D eigenvalue weighted by Gasteiger charge is -2.44. The number of carbonyl (C=O) groups excluding carboxylic acids is 2. The van der Waals surface area contributed by atoms with Crippen LogP contribution in [0.3, 0.4) is 0 Å². The molecule has 0 aromatic heterocycles. The first-order chi connectivity index (χ1) is 10.2. The van der Waals surface area contributed by atoms with Gasteiger partial charge in [0.15, 0.2) is 8.32 Å². The molecule has 0 saturated carbocycles. The van der Waals surface area contributed by atoms with Gasteiger partial charge in [-0.25, -0.2) is 9.59 Å². The van der Waals surface area contributed by atoms with Crippen molar-refractivity contribution >= 4 is 45.0 Å². The summed E-state index contributed by atoms with van der Waals surface area (Å²) in [6.07, 6.45) is 0. The van der Waals surface area contributed by atoms with E-state index in [0.717, 1.165) is 0 Å². The molecule has 0 fully saturated rings. The molecule has 0 aliphatic rings. The van der Waals surface area contributed by atoms with Crippen LogP contribution in [0.4, 0.5) is 0 Å². The van der Waals surface area contributed by atoms with Crippen molar-refractivity contribution in [3.8, 4) is 0 Å². The van der Waals surface area contributed by atoms with Crippen LogP contribution in [0, 0.1) is 0 Å². The van der Waals surface area contributed by atoms with Gasteiger partial charge in [0, 0.05) is 0 Å². The van der Waals surface area contributed by atoms with E-state index in [9.17, 15) is 9.59 Å². The first kappa shape index (κ1) is 23.8. The molecule has 0 aliphatic carbocycles. The summed E-state index contributed by atoms with van der Waals surface area (Å²) in [6.45, 7) is 23.4. The summed E-state index contributed by atoms with van der Waals surface area (Å²) in [6, 6.07) is 0. The smallest absolute Gasteiger partial charge is 0.331 e. The molecule has 0 radical (unpaired) electrons. The van der Waals surface area contributed by atoms with E-state index in [-0.39, 0.29) is 0 Å². The van der Waals surface area contributed by atoms with E-state index in [1.54, 1.807) is 0 Å². The maximum Gasteiger partial charge on any atom is 0.331 e. The van der Waals surface area contributed by atoms with E-state index in [4.69, 9.17) is 13.3 Å². The van der Waals surface area contributed by atoms with Gasteiger partial charge in [-0.3, -0.25) is 0 Å². The summed E-state index contributed by atoms with van der Waals surface area (Å²) in [7, 11) is -9.03. The van der Waals surface area contributed by atoms with Crippen molar-refractivity contribution < 1.29 is 22.9 Å². The third-order valence-corrected chi connectivity index (χ3v) is 8.23. The molecule has 0 unspecified atom stereocenters. The van der Waals surface area contributed by atoms with Crippen LogP contribution in [-0.2, 0) is 22.9 Å². The zero-order valence-corrected chi connectivity index (χ0v) is 21.5. The van der Waals surface area contributed by atoms with Crippen molar-refractivity contribution in [2.75, 3.05) is 0 Å². The van der Waals surface area contributed by atoms with E-state index in [2.05, 4.69) is 0 Å². The van der Waals surface area contributed by atoms with E-state index >= 15 is 0 Å². The number of carbonyl (C=O) groups is 2. The van der Waals surface area contributed by atoms with Gasteiger partial charge in [0.1, 0.15) is 8.07 Å². The highest BCUT2D eigenvalue weighted by atomic mass is 28.4. The first-order valence-corrected chi connectivity index (χ1v) is 22.1. The van der Waals surface area contributed by atoms with Crippen LogP contribution in [0.5, 0.6) is 0 Å². The largest absolute Gasteiger partial charge is 0.518 e. The molecule has 0 aliphatic heterocycles. The molecular weight excluding hydrogens is 373 g/mol. The fourth-order valence-electron chi connectivity index (χ4n) is 2.09. The molecule has 0 bridgehead atoms. The summed E-state index contributed by atoms with van der Waals surface area (Å²) >= 11 is 0. The zero-order chi connectivity index (χ0) is 19.8. The molecule has 0 atom stereocenters. The van der Waals surface area contributed by atoms with Gasteiger partial charge in [0.2, 0.25) is 21.9 Å². The quantitative estimate of drug-likeness (QED) is 0.466. The molecule has 0 rings (SSSR count). The second-order valence-corrected chi connectivity index (χ2v) is 28.6. The maximum atomic E-state index is 13.2. The second kappa shape index (κ2) is 7.18. The van der Waals surface area contributed by atoms with Crippen LogP contribution >= 0.6 is 0 Å². The Kier molecular flexibility index (Phi) is 7.11. The summed E-state index contributed by atoms with van der Waals surface area (Å²) in [5.41, 5.74) is 0. The Morgan fingerprint density at radius 2 is 0.875 bits per heavy atom. The summed E-state index contributed by atoms with van der Waals surface area (Å²) in [4.78, 5) is 26.4. The van der Waals surface area contributed by atoms with Gasteiger partial charge in [-0.15, -0.1) is 0 Å². The van der Waals surface area contributed by atoms with Gasteiger partial charge in [-0.2, -0.15) is 0 Å². The average Bonchev–Trinajstić information content (AvgIpc) is 2.16. The normalized spacial score (nSPS) is 14.3. The molecule has 0 aromatic rings. The van der Waals surface area contributed by atoms with E-state index < -0.39 is 50.2 Å². The molecule has 0 N–H and O–H groups in total. The van der Waals surface area contributed by atoms with Crippen LogP contribution < -0.4 is 0 Å². The highest BCUT2D eigenvalue weighted by Gasteiger charge is 2.62. The number of rotatable bonds is 7. The predicted molar refractivity (Wildman–Crippen MR) is 109 cm³/mol. The Bertz CT molecular complexity index is 450. The molecule has 142 valence electrons. The van der Waals surface area contributed by atoms with Crippen molar-refractivity contribution in [1.29, 1.82) is 0 Å². The molecule has 5 nitrogen and oxygen atoms in total. The van der Waals surface area contributed by atoms with E-state index in [1.165, 1.54) is 0 Å². The third kappa shape index (κ3) is 6.94. The minimum Gasteiger partial charge on any atom is -0.518 e. The molecule has 9 heteroatoms. The Morgan fingerprint density at radius 1 is 0.583 bits per heavy atom. The molecule has 0 aromatic carbocycles. The Hall–Kier alpha value is -0.232. The Labute approximate surface area is 151 Å². The van der Waals surface area contributed by atoms with Crippen LogP contribution in [0.15, 0.2) is 0 Å². The van der Waals surface area contributed by atoms with Crippen LogP contribution in [0.2, 0.25) is 78.6 Å². The lowest BCUT2D eigenvalue weighted by atomic mass is 10.3. The monoisotopic (exact) mass is 408 g/mol. The minimum atomic E-state index is -2.46. The topological polar surface area (TPSA) is 61.8 Å². The first-order valence-electron chi connectivity index (χ1n) is 8.38. The average molecular weight is 409 g/mol. The molecular formula is C15H36O5Si4. The molecule has 0 amide bonds. The van der Waals surface area contributed by atoms with Crippen LogP contribution in [0.25, 0.3) is 0 Å². The van der Waals surface area contributed by atoms with Gasteiger partial charge in [0.25, 0.3) is 0 Å². The van der Waals surface area contributed by atoms with Crippen LogP contribution in [-0.4, -0.2) is 50.2 Å². The Morgan fingerprint density at radius 3 is 1.04 bits per heavy atom. The van der Waals surface area contributed by atoms with Crippen LogP contribution in [0.1, 0.15) is 0 Å². The van der Waals surface area contributed by atoms with Crippen molar-refractivity contribution in [2.24, 2.45) is 0 Å². The third-order valence-electron chi connectivity index (χ3n) is 2.89. The van der Waals surface area contributed by atoms with Gasteiger partial charge in [-0.05, 0) is 58.9 Å². The van der Waals surface area contributed by atoms with Crippen molar-refractivity contribution in [3.05, 3.63) is 0 Å². The molecule has 0 heterocycles. The van der Waals surface area contributed by atoms with E-state index in [0.29, 0.717) is 0 Å². The highest BCUT2D eigenvalue weighted by Crippen LogP contribution is 2.34. The Balaban J connectivity index is 6.28. The van der Waals surface area contributed by atoms with Gasteiger partial charge < -0.3 is 13.3 Å². The van der Waals surface area contributed by atoms with Gasteiger partial charge in [-0.1, -0.05) is 19.6 Å². The fraction of sp³-hybridized carbons (Fsp3) is 0.867. The zero-order valence-electron chi connectivity index (χ0n) is 17.5. The lowest BCUT2D eigenvalue weighted by Crippen LogP contribution is -2.70. The molecule has 0 spiro atoms. The molecule has 24 heavy (non-hydrogen) atoms. The van der Waals surface area contributed by atoms with Crippen molar-refractivity contribution in [3.63, 3.8) is 0 Å². The lowest BCUT2D eigenvalue weighted by molar-refractivity contribution is -0.162. The maximum absolute atomic E-state index is 13.2. The second-order valence-electron chi connectivity index (χ2n) is 10.1. The summed E-state index contributed by atoms with van der Waals surface area (Å²) in [5.74, 6) is -1.10. The SMILES string of the molecule is C[Si](C)(C)OC(=O)C(O[Si](C)(C)C)(C(=O)O[Si](C)(C)C)[Si](C)(C)C. The minimum absolute atomic E-state index is 0.550. The standard InChI is InChI=1S/C15H36O5Si4/c1-21(2,3)15(20-24(10,11)12,13(16)18-22(4,5)6)14(17)19-23(7,8)9/h1-12H3. The van der Waals surface area contributed by atoms with Crippen molar-refractivity contribution in [2.45, 2.75) is 83.8 Å². The summed E-state index contributed by atoms with van der Waals surface area (Å²) < 4.78 is 17.8. The number of hydrogen-bond acceptors (Lipinski definition) is 5. The molecule has 0 saturated heterocycles.